The summed E-state index contributed by atoms with van der Waals surface area (Å²) < 4.78 is 27.3. The van der Waals surface area contributed by atoms with Gasteiger partial charge in [0.15, 0.2) is 0 Å². The SMILES string of the molecule is N#Cc1ccc(S(=O)(=O)Nc2ccccc2Br)s1. The van der Waals surface area contributed by atoms with E-state index < -0.39 is 10.0 Å². The molecule has 2 aromatic rings. The first-order chi connectivity index (χ1) is 8.53. The first-order valence-electron chi connectivity index (χ1n) is 4.80. The molecule has 0 spiro atoms. The molecule has 1 heterocycles. The van der Waals surface area contributed by atoms with Crippen molar-refractivity contribution in [3.63, 3.8) is 0 Å². The number of sulfonamides is 1. The topological polar surface area (TPSA) is 70.0 Å². The number of benzene rings is 1. The van der Waals surface area contributed by atoms with Crippen molar-refractivity contribution in [3.8, 4) is 6.07 Å². The van der Waals surface area contributed by atoms with Crippen LogP contribution >= 0.6 is 27.3 Å². The van der Waals surface area contributed by atoms with Gasteiger partial charge in [0.2, 0.25) is 0 Å². The monoisotopic (exact) mass is 342 g/mol. The summed E-state index contributed by atoms with van der Waals surface area (Å²) in [6.45, 7) is 0. The van der Waals surface area contributed by atoms with Gasteiger partial charge < -0.3 is 0 Å². The van der Waals surface area contributed by atoms with Crippen LogP contribution in [0.5, 0.6) is 0 Å². The number of halogens is 1. The number of nitriles is 1. The molecule has 1 aromatic heterocycles. The largest absolute Gasteiger partial charge is 0.278 e. The Kier molecular flexibility index (Phi) is 3.71. The van der Waals surface area contributed by atoms with Crippen molar-refractivity contribution in [1.82, 2.24) is 0 Å². The minimum atomic E-state index is -3.64. The zero-order valence-electron chi connectivity index (χ0n) is 8.92. The van der Waals surface area contributed by atoms with Crippen molar-refractivity contribution in [2.24, 2.45) is 0 Å². The molecule has 0 unspecified atom stereocenters. The summed E-state index contributed by atoms with van der Waals surface area (Å²) >= 11 is 4.20. The Bertz CT molecular complexity index is 717. The van der Waals surface area contributed by atoms with E-state index in [1.807, 2.05) is 6.07 Å². The lowest BCUT2D eigenvalue weighted by Gasteiger charge is -2.07. The molecule has 0 fully saturated rings. The van der Waals surface area contributed by atoms with Crippen LogP contribution in [-0.4, -0.2) is 8.42 Å². The fourth-order valence-corrected chi connectivity index (χ4v) is 3.96. The summed E-state index contributed by atoms with van der Waals surface area (Å²) in [4.78, 5) is 0.363. The van der Waals surface area contributed by atoms with E-state index in [-0.39, 0.29) is 4.21 Å². The van der Waals surface area contributed by atoms with E-state index >= 15 is 0 Å². The van der Waals surface area contributed by atoms with E-state index in [9.17, 15) is 8.42 Å². The Morgan fingerprint density at radius 2 is 1.94 bits per heavy atom. The number of rotatable bonds is 3. The minimum absolute atomic E-state index is 0.120. The van der Waals surface area contributed by atoms with Crippen molar-refractivity contribution in [3.05, 3.63) is 45.7 Å². The minimum Gasteiger partial charge on any atom is -0.278 e. The van der Waals surface area contributed by atoms with Crippen molar-refractivity contribution in [2.45, 2.75) is 4.21 Å². The first-order valence-corrected chi connectivity index (χ1v) is 7.89. The molecule has 0 atom stereocenters. The number of thiophene rings is 1. The van der Waals surface area contributed by atoms with Gasteiger partial charge in [-0.3, -0.25) is 4.72 Å². The number of hydrogen-bond donors (Lipinski definition) is 1. The highest BCUT2D eigenvalue weighted by Gasteiger charge is 2.17. The van der Waals surface area contributed by atoms with E-state index in [2.05, 4.69) is 20.7 Å². The van der Waals surface area contributed by atoms with Gasteiger partial charge in [-0.1, -0.05) is 12.1 Å². The van der Waals surface area contributed by atoms with E-state index in [0.717, 1.165) is 11.3 Å². The van der Waals surface area contributed by atoms with E-state index in [4.69, 9.17) is 5.26 Å². The van der Waals surface area contributed by atoms with Gasteiger partial charge in [-0.05, 0) is 40.2 Å². The number of hydrogen-bond acceptors (Lipinski definition) is 4. The molecule has 18 heavy (non-hydrogen) atoms. The number of para-hydroxylation sites is 1. The van der Waals surface area contributed by atoms with E-state index in [1.165, 1.54) is 12.1 Å². The summed E-state index contributed by atoms with van der Waals surface area (Å²) in [5.74, 6) is 0. The average Bonchev–Trinajstić information content (AvgIpc) is 2.81. The highest BCUT2D eigenvalue weighted by Crippen LogP contribution is 2.27. The molecule has 0 aliphatic heterocycles. The maximum absolute atomic E-state index is 12.1. The summed E-state index contributed by atoms with van der Waals surface area (Å²) in [6, 6.07) is 11.7. The third-order valence-corrected chi connectivity index (χ3v) is 5.61. The second kappa shape index (κ2) is 5.10. The average molecular weight is 343 g/mol. The summed E-state index contributed by atoms with van der Waals surface area (Å²) in [7, 11) is -3.64. The molecule has 7 heteroatoms. The van der Waals surface area contributed by atoms with Gasteiger partial charge in [-0.2, -0.15) is 5.26 Å². The van der Waals surface area contributed by atoms with Crippen molar-refractivity contribution >= 4 is 43.0 Å². The zero-order valence-corrected chi connectivity index (χ0v) is 12.1. The van der Waals surface area contributed by atoms with E-state index in [1.54, 1.807) is 24.3 Å². The maximum Gasteiger partial charge on any atom is 0.271 e. The van der Waals surface area contributed by atoms with Gasteiger partial charge in [0, 0.05) is 4.47 Å². The van der Waals surface area contributed by atoms with Gasteiger partial charge in [-0.15, -0.1) is 11.3 Å². The molecule has 0 saturated carbocycles. The summed E-state index contributed by atoms with van der Waals surface area (Å²) in [5.41, 5.74) is 0.462. The molecule has 92 valence electrons. The van der Waals surface area contributed by atoms with Crippen LogP contribution in [0.2, 0.25) is 0 Å². The zero-order chi connectivity index (χ0) is 13.2. The molecule has 1 N–H and O–H groups in total. The standard InChI is InChI=1S/C11H7BrN2O2S2/c12-9-3-1-2-4-10(9)14-18(15,16)11-6-5-8(7-13)17-11/h1-6,14H. The Labute approximate surface area is 117 Å². The lowest BCUT2D eigenvalue weighted by molar-refractivity contribution is 0.603. The summed E-state index contributed by atoms with van der Waals surface area (Å²) in [6.07, 6.45) is 0. The van der Waals surface area contributed by atoms with Crippen LogP contribution in [0.1, 0.15) is 4.88 Å². The van der Waals surface area contributed by atoms with Gasteiger partial charge in [0.25, 0.3) is 10.0 Å². The Balaban J connectivity index is 2.34. The molecule has 0 aliphatic rings. The van der Waals surface area contributed by atoms with Crippen LogP contribution in [0.25, 0.3) is 0 Å². The molecule has 1 aromatic carbocycles. The molecular formula is C11H7BrN2O2S2. The van der Waals surface area contributed by atoms with Crippen LogP contribution < -0.4 is 4.72 Å². The van der Waals surface area contributed by atoms with Crippen LogP contribution in [0.4, 0.5) is 5.69 Å². The van der Waals surface area contributed by atoms with Gasteiger partial charge >= 0.3 is 0 Å². The lowest BCUT2D eigenvalue weighted by Crippen LogP contribution is -2.11. The van der Waals surface area contributed by atoms with Crippen LogP contribution in [0, 0.1) is 11.3 Å². The third kappa shape index (κ3) is 2.72. The molecule has 0 saturated heterocycles. The predicted molar refractivity (Wildman–Crippen MR) is 74.0 cm³/mol. The fourth-order valence-electron chi connectivity index (χ4n) is 1.26. The molecule has 0 amide bonds. The molecule has 0 radical (unpaired) electrons. The Morgan fingerprint density at radius 1 is 1.22 bits per heavy atom. The van der Waals surface area contributed by atoms with Crippen LogP contribution in [0.3, 0.4) is 0 Å². The molecule has 0 aliphatic carbocycles. The van der Waals surface area contributed by atoms with Gasteiger partial charge in [-0.25, -0.2) is 8.42 Å². The second-order valence-electron chi connectivity index (χ2n) is 3.32. The summed E-state index contributed by atoms with van der Waals surface area (Å²) in [5, 5.41) is 8.69. The molecule has 0 bridgehead atoms. The Hall–Kier alpha value is -1.36. The van der Waals surface area contributed by atoms with E-state index in [0.29, 0.717) is 15.0 Å². The van der Waals surface area contributed by atoms with Gasteiger partial charge in [0.1, 0.15) is 15.2 Å². The maximum atomic E-state index is 12.1. The van der Waals surface area contributed by atoms with Crippen LogP contribution in [0.15, 0.2) is 45.1 Å². The van der Waals surface area contributed by atoms with Crippen LogP contribution in [-0.2, 0) is 10.0 Å². The molecule has 4 nitrogen and oxygen atoms in total. The normalized spacial score (nSPS) is 10.9. The Morgan fingerprint density at radius 3 is 2.56 bits per heavy atom. The second-order valence-corrected chi connectivity index (χ2v) is 7.16. The van der Waals surface area contributed by atoms with Gasteiger partial charge in [0.05, 0.1) is 5.69 Å². The van der Waals surface area contributed by atoms with Crippen molar-refractivity contribution < 1.29 is 8.42 Å². The van der Waals surface area contributed by atoms with Crippen molar-refractivity contribution in [2.75, 3.05) is 4.72 Å². The fraction of sp³-hybridized carbons (Fsp3) is 0. The quantitative estimate of drug-likeness (QED) is 0.931. The lowest BCUT2D eigenvalue weighted by atomic mass is 10.3. The number of nitrogens with one attached hydrogen (secondary N) is 1. The van der Waals surface area contributed by atoms with Crippen molar-refractivity contribution in [1.29, 1.82) is 5.26 Å². The highest BCUT2D eigenvalue weighted by atomic mass is 79.9. The first kappa shape index (κ1) is 13.1. The highest BCUT2D eigenvalue weighted by molar-refractivity contribution is 9.10. The predicted octanol–water partition coefficient (Wildman–Crippen LogP) is 3.18. The third-order valence-electron chi connectivity index (χ3n) is 2.07. The number of nitrogens with zero attached hydrogens (tertiary/aromatic N) is 1. The smallest absolute Gasteiger partial charge is 0.271 e. The molecule has 2 rings (SSSR count). The number of anilines is 1. The molecular weight excluding hydrogens is 336 g/mol.